The van der Waals surface area contributed by atoms with Crippen LogP contribution < -0.4 is 5.48 Å². The quantitative estimate of drug-likeness (QED) is 0.459. The van der Waals surface area contributed by atoms with E-state index in [4.69, 9.17) is 5.21 Å². The number of benzene rings is 2. The van der Waals surface area contributed by atoms with Crippen molar-refractivity contribution >= 4 is 21.8 Å². The SMILES string of the molecule is CCCC.CS(=O)(=O)c1cccc(/C=C/C(=O)NO)c1.Cc1ccccc1. The van der Waals surface area contributed by atoms with Crippen LogP contribution in [0.3, 0.4) is 0 Å². The molecule has 0 fully saturated rings. The predicted octanol–water partition coefficient (Wildman–Crippen LogP) is 4.41. The monoisotopic (exact) mass is 391 g/mol. The summed E-state index contributed by atoms with van der Waals surface area (Å²) >= 11 is 0. The molecule has 0 unspecified atom stereocenters. The van der Waals surface area contributed by atoms with Gasteiger partial charge in [0, 0.05) is 12.3 Å². The van der Waals surface area contributed by atoms with Crippen molar-refractivity contribution in [3.05, 3.63) is 71.8 Å². The van der Waals surface area contributed by atoms with Gasteiger partial charge in [-0.2, -0.15) is 0 Å². The van der Waals surface area contributed by atoms with E-state index in [1.807, 2.05) is 18.2 Å². The Bertz CT molecular complexity index is 798. The van der Waals surface area contributed by atoms with E-state index in [1.165, 1.54) is 42.1 Å². The zero-order valence-corrected chi connectivity index (χ0v) is 17.2. The number of hydroxylamine groups is 1. The third kappa shape index (κ3) is 12.5. The summed E-state index contributed by atoms with van der Waals surface area (Å²) in [6, 6.07) is 16.4. The molecule has 0 aliphatic carbocycles. The number of aryl methyl sites for hydroxylation is 1. The molecule has 0 saturated heterocycles. The van der Waals surface area contributed by atoms with Crippen LogP contribution in [0.15, 0.2) is 65.6 Å². The molecule has 0 heterocycles. The molecule has 2 N–H and O–H groups in total. The van der Waals surface area contributed by atoms with Gasteiger partial charge < -0.3 is 0 Å². The minimum Gasteiger partial charge on any atom is -0.288 e. The zero-order chi connectivity index (χ0) is 20.7. The Morgan fingerprint density at radius 1 is 1.04 bits per heavy atom. The van der Waals surface area contributed by atoms with E-state index in [9.17, 15) is 13.2 Å². The molecule has 6 heteroatoms. The summed E-state index contributed by atoms with van der Waals surface area (Å²) < 4.78 is 22.5. The summed E-state index contributed by atoms with van der Waals surface area (Å²) in [4.78, 5) is 10.9. The lowest BCUT2D eigenvalue weighted by atomic mass is 10.2. The number of nitrogens with one attached hydrogen (secondary N) is 1. The van der Waals surface area contributed by atoms with Gasteiger partial charge in [0.05, 0.1) is 4.90 Å². The first-order valence-electron chi connectivity index (χ1n) is 8.68. The molecular formula is C21H29NO4S. The molecule has 0 radical (unpaired) electrons. The van der Waals surface area contributed by atoms with Crippen molar-refractivity contribution in [1.29, 1.82) is 0 Å². The fourth-order valence-corrected chi connectivity index (χ4v) is 2.27. The van der Waals surface area contributed by atoms with Crippen molar-refractivity contribution in [2.75, 3.05) is 6.26 Å². The normalized spacial score (nSPS) is 10.3. The average Bonchev–Trinajstić information content (AvgIpc) is 2.67. The molecule has 0 bridgehead atoms. The minimum atomic E-state index is -3.25. The molecule has 0 atom stereocenters. The second kappa shape index (κ2) is 13.7. The fraction of sp³-hybridized carbons (Fsp3) is 0.286. The smallest absolute Gasteiger partial charge is 0.267 e. The molecule has 0 spiro atoms. The largest absolute Gasteiger partial charge is 0.288 e. The molecule has 2 rings (SSSR count). The summed E-state index contributed by atoms with van der Waals surface area (Å²) in [6.07, 6.45) is 6.25. The van der Waals surface area contributed by atoms with E-state index >= 15 is 0 Å². The highest BCUT2D eigenvalue weighted by molar-refractivity contribution is 7.90. The molecule has 0 aromatic heterocycles. The molecule has 2 aromatic carbocycles. The summed E-state index contributed by atoms with van der Waals surface area (Å²) in [5.74, 6) is -0.676. The second-order valence-electron chi connectivity index (χ2n) is 5.81. The Hall–Kier alpha value is -2.44. The Balaban J connectivity index is 0.000000503. The van der Waals surface area contributed by atoms with E-state index in [0.717, 1.165) is 12.3 Å². The number of unbranched alkanes of at least 4 members (excludes halogenated alkanes) is 1. The van der Waals surface area contributed by atoms with Crippen LogP contribution in [0.1, 0.15) is 37.8 Å². The second-order valence-corrected chi connectivity index (χ2v) is 7.82. The van der Waals surface area contributed by atoms with Crippen LogP contribution in [0.4, 0.5) is 0 Å². The van der Waals surface area contributed by atoms with E-state index in [1.54, 1.807) is 12.1 Å². The molecule has 27 heavy (non-hydrogen) atoms. The van der Waals surface area contributed by atoms with Gasteiger partial charge in [0.1, 0.15) is 0 Å². The van der Waals surface area contributed by atoms with Crippen LogP contribution in [0.5, 0.6) is 0 Å². The lowest BCUT2D eigenvalue weighted by Crippen LogP contribution is -2.14. The molecule has 0 aliphatic rings. The van der Waals surface area contributed by atoms with Gasteiger partial charge >= 0.3 is 0 Å². The van der Waals surface area contributed by atoms with Crippen molar-refractivity contribution in [2.24, 2.45) is 0 Å². The topological polar surface area (TPSA) is 83.5 Å². The Labute approximate surface area is 162 Å². The lowest BCUT2D eigenvalue weighted by molar-refractivity contribution is -0.124. The number of amides is 1. The first-order chi connectivity index (χ1) is 12.7. The highest BCUT2D eigenvalue weighted by Gasteiger charge is 2.06. The van der Waals surface area contributed by atoms with Gasteiger partial charge in [-0.25, -0.2) is 13.9 Å². The van der Waals surface area contributed by atoms with E-state index < -0.39 is 15.7 Å². The van der Waals surface area contributed by atoms with Crippen molar-refractivity contribution in [2.45, 2.75) is 38.5 Å². The Kier molecular flexibility index (Phi) is 12.5. The van der Waals surface area contributed by atoms with Gasteiger partial charge in [0.15, 0.2) is 9.84 Å². The van der Waals surface area contributed by atoms with Crippen LogP contribution in [0.2, 0.25) is 0 Å². The van der Waals surface area contributed by atoms with Gasteiger partial charge in [0.2, 0.25) is 0 Å². The molecule has 5 nitrogen and oxygen atoms in total. The summed E-state index contributed by atoms with van der Waals surface area (Å²) in [7, 11) is -3.25. The highest BCUT2D eigenvalue weighted by atomic mass is 32.2. The van der Waals surface area contributed by atoms with E-state index in [2.05, 4.69) is 32.9 Å². The first-order valence-corrected chi connectivity index (χ1v) is 10.6. The maximum atomic E-state index is 11.2. The maximum Gasteiger partial charge on any atom is 0.267 e. The number of carbonyl (C=O) groups excluding carboxylic acids is 1. The number of rotatable bonds is 4. The third-order valence-corrected chi connectivity index (χ3v) is 4.37. The molecule has 0 aliphatic heterocycles. The Morgan fingerprint density at radius 2 is 1.63 bits per heavy atom. The van der Waals surface area contributed by atoms with E-state index in [0.29, 0.717) is 5.56 Å². The average molecular weight is 392 g/mol. The van der Waals surface area contributed by atoms with Crippen LogP contribution in [-0.4, -0.2) is 25.8 Å². The number of hydrogen-bond donors (Lipinski definition) is 2. The zero-order valence-electron chi connectivity index (χ0n) is 16.3. The van der Waals surface area contributed by atoms with Crippen LogP contribution in [0.25, 0.3) is 6.08 Å². The van der Waals surface area contributed by atoms with Gasteiger partial charge in [-0.15, -0.1) is 0 Å². The number of carbonyl (C=O) groups is 1. The third-order valence-electron chi connectivity index (χ3n) is 3.26. The van der Waals surface area contributed by atoms with Gasteiger partial charge in [-0.1, -0.05) is 74.7 Å². The molecular weight excluding hydrogens is 362 g/mol. The van der Waals surface area contributed by atoms with Crippen molar-refractivity contribution in [1.82, 2.24) is 5.48 Å². The molecule has 148 valence electrons. The predicted molar refractivity (Wildman–Crippen MR) is 110 cm³/mol. The van der Waals surface area contributed by atoms with Crippen LogP contribution in [-0.2, 0) is 14.6 Å². The van der Waals surface area contributed by atoms with Gasteiger partial charge in [-0.3, -0.25) is 10.0 Å². The molecule has 1 amide bonds. The maximum absolute atomic E-state index is 11.2. The Morgan fingerprint density at radius 3 is 2.04 bits per heavy atom. The minimum absolute atomic E-state index is 0.180. The lowest BCUT2D eigenvalue weighted by Gasteiger charge is -1.99. The van der Waals surface area contributed by atoms with Crippen LogP contribution >= 0.6 is 0 Å². The van der Waals surface area contributed by atoms with Gasteiger partial charge in [-0.05, 0) is 30.7 Å². The standard InChI is InChI=1S/C10H11NO4S.C7H8.C4H10/c1-16(14,15)9-4-2-3-8(7-9)5-6-10(12)11-13;1-7-5-3-2-4-6-7;1-3-4-2/h2-7,13H,1H3,(H,11,12);2-6H,1H3;3-4H2,1-2H3/b6-5+;;. The van der Waals surface area contributed by atoms with Crippen molar-refractivity contribution < 1.29 is 18.4 Å². The van der Waals surface area contributed by atoms with E-state index in [-0.39, 0.29) is 4.90 Å². The summed E-state index contributed by atoms with van der Waals surface area (Å²) in [6.45, 7) is 6.44. The van der Waals surface area contributed by atoms with Crippen LogP contribution in [0, 0.1) is 6.92 Å². The highest BCUT2D eigenvalue weighted by Crippen LogP contribution is 2.12. The number of hydrogen-bond acceptors (Lipinski definition) is 4. The summed E-state index contributed by atoms with van der Waals surface area (Å²) in [5, 5.41) is 8.25. The van der Waals surface area contributed by atoms with Gasteiger partial charge in [0.25, 0.3) is 5.91 Å². The van der Waals surface area contributed by atoms with Crippen molar-refractivity contribution in [3.8, 4) is 0 Å². The number of sulfone groups is 1. The summed E-state index contributed by atoms with van der Waals surface area (Å²) in [5.41, 5.74) is 3.32. The molecule has 0 saturated carbocycles. The van der Waals surface area contributed by atoms with Crippen molar-refractivity contribution in [3.63, 3.8) is 0 Å². The first kappa shape index (κ1) is 24.6. The molecule has 2 aromatic rings. The fourth-order valence-electron chi connectivity index (χ4n) is 1.59.